The number of benzene rings is 2. The first-order valence-corrected chi connectivity index (χ1v) is 9.91. The summed E-state index contributed by atoms with van der Waals surface area (Å²) in [4.78, 5) is 27.7. The monoisotopic (exact) mass is 417 g/mol. The molecule has 0 saturated carbocycles. The van der Waals surface area contributed by atoms with Gasteiger partial charge >= 0.3 is 0 Å². The molecule has 2 heterocycles. The highest BCUT2D eigenvalue weighted by atomic mass is 16.5. The van der Waals surface area contributed by atoms with Gasteiger partial charge in [-0.15, -0.1) is 0 Å². The zero-order chi connectivity index (χ0) is 22.3. The van der Waals surface area contributed by atoms with Crippen molar-refractivity contribution in [3.8, 4) is 5.75 Å². The Kier molecular flexibility index (Phi) is 5.15. The van der Waals surface area contributed by atoms with Crippen LogP contribution in [0.4, 0.5) is 5.69 Å². The molecule has 1 aliphatic heterocycles. The molecule has 6 nitrogen and oxygen atoms in total. The lowest BCUT2D eigenvalue weighted by atomic mass is 9.98. The number of amides is 1. The van der Waals surface area contributed by atoms with Gasteiger partial charge in [-0.25, -0.2) is 0 Å². The van der Waals surface area contributed by atoms with Crippen LogP contribution in [0.2, 0.25) is 0 Å². The predicted molar refractivity (Wildman–Crippen MR) is 117 cm³/mol. The van der Waals surface area contributed by atoms with Crippen molar-refractivity contribution in [2.75, 3.05) is 12.0 Å². The van der Waals surface area contributed by atoms with Crippen LogP contribution in [0.15, 0.2) is 64.6 Å². The van der Waals surface area contributed by atoms with E-state index in [1.54, 1.807) is 50.4 Å². The number of aryl methyl sites for hydroxylation is 3. The van der Waals surface area contributed by atoms with Gasteiger partial charge in [-0.3, -0.25) is 14.5 Å². The highest BCUT2D eigenvalue weighted by Crippen LogP contribution is 2.43. The zero-order valence-corrected chi connectivity index (χ0v) is 17.8. The Bertz CT molecular complexity index is 1200. The Morgan fingerprint density at radius 1 is 1.00 bits per heavy atom. The number of methoxy groups -OCH3 is 1. The number of Topliss-reactive ketones (excluding diaryl/α,β-unsaturated/α-hetero) is 1. The van der Waals surface area contributed by atoms with Gasteiger partial charge in [0.15, 0.2) is 0 Å². The van der Waals surface area contributed by atoms with Crippen molar-refractivity contribution in [2.45, 2.75) is 26.8 Å². The molecule has 1 N–H and O–H groups in total. The number of aliphatic hydroxyl groups is 1. The lowest BCUT2D eigenvalue weighted by Crippen LogP contribution is -2.30. The van der Waals surface area contributed by atoms with Gasteiger partial charge in [0.2, 0.25) is 0 Å². The van der Waals surface area contributed by atoms with Gasteiger partial charge in [-0.1, -0.05) is 12.1 Å². The molecule has 1 aliphatic rings. The van der Waals surface area contributed by atoms with E-state index in [9.17, 15) is 14.7 Å². The molecular weight excluding hydrogens is 394 g/mol. The fourth-order valence-corrected chi connectivity index (χ4v) is 3.83. The van der Waals surface area contributed by atoms with E-state index >= 15 is 0 Å². The van der Waals surface area contributed by atoms with Crippen LogP contribution in [0.5, 0.6) is 5.75 Å². The highest BCUT2D eigenvalue weighted by molar-refractivity contribution is 6.51. The van der Waals surface area contributed by atoms with Gasteiger partial charge in [0.05, 0.1) is 12.7 Å². The van der Waals surface area contributed by atoms with Crippen LogP contribution in [0.25, 0.3) is 5.76 Å². The fourth-order valence-electron chi connectivity index (χ4n) is 3.83. The molecule has 3 aromatic rings. The standard InChI is InChI=1S/C25H23NO5/c1-14-5-6-15(2)19(13-14)26-22(20-12-7-16(3)31-20)21(24(28)25(26)29)23(27)17-8-10-18(30-4)11-9-17/h5-13,22,27H,1-4H3/b23-21-. The lowest BCUT2D eigenvalue weighted by molar-refractivity contribution is -0.132. The molecule has 4 rings (SSSR count). The van der Waals surface area contributed by atoms with Crippen LogP contribution in [0.3, 0.4) is 0 Å². The van der Waals surface area contributed by atoms with Crippen LogP contribution in [0, 0.1) is 20.8 Å². The van der Waals surface area contributed by atoms with Crippen molar-refractivity contribution in [2.24, 2.45) is 0 Å². The molecule has 1 amide bonds. The Morgan fingerprint density at radius 2 is 1.71 bits per heavy atom. The molecule has 6 heteroatoms. The molecule has 0 bridgehead atoms. The third-order valence-corrected chi connectivity index (χ3v) is 5.46. The first kappa shape index (κ1) is 20.5. The summed E-state index contributed by atoms with van der Waals surface area (Å²) in [6.07, 6.45) is 0. The van der Waals surface area contributed by atoms with Gasteiger partial charge in [-0.2, -0.15) is 0 Å². The van der Waals surface area contributed by atoms with Crippen LogP contribution < -0.4 is 9.64 Å². The topological polar surface area (TPSA) is 80.0 Å². The quantitative estimate of drug-likeness (QED) is 0.373. The van der Waals surface area contributed by atoms with Crippen molar-refractivity contribution in [1.82, 2.24) is 0 Å². The average molecular weight is 417 g/mol. The maximum absolute atomic E-state index is 13.2. The van der Waals surface area contributed by atoms with E-state index in [2.05, 4.69) is 0 Å². The Labute approximate surface area is 180 Å². The first-order valence-electron chi connectivity index (χ1n) is 9.91. The minimum atomic E-state index is -0.878. The van der Waals surface area contributed by atoms with Crippen molar-refractivity contribution in [3.63, 3.8) is 0 Å². The van der Waals surface area contributed by atoms with Crippen LogP contribution in [-0.2, 0) is 9.59 Å². The number of ether oxygens (including phenoxy) is 1. The van der Waals surface area contributed by atoms with Crippen molar-refractivity contribution < 1.29 is 23.8 Å². The maximum atomic E-state index is 13.2. The molecule has 1 saturated heterocycles. The molecule has 1 fully saturated rings. The van der Waals surface area contributed by atoms with E-state index in [0.29, 0.717) is 28.5 Å². The second kappa shape index (κ2) is 7.80. The third-order valence-electron chi connectivity index (χ3n) is 5.46. The number of rotatable bonds is 4. The molecule has 1 unspecified atom stereocenters. The number of hydrogen-bond acceptors (Lipinski definition) is 5. The summed E-state index contributed by atoms with van der Waals surface area (Å²) >= 11 is 0. The minimum Gasteiger partial charge on any atom is -0.507 e. The number of furan rings is 1. The number of aliphatic hydroxyl groups excluding tert-OH is 1. The average Bonchev–Trinajstić information content (AvgIpc) is 3.30. The Hall–Kier alpha value is -3.80. The highest BCUT2D eigenvalue weighted by Gasteiger charge is 2.48. The molecule has 31 heavy (non-hydrogen) atoms. The van der Waals surface area contributed by atoms with Crippen molar-refractivity contribution in [1.29, 1.82) is 0 Å². The summed E-state index contributed by atoms with van der Waals surface area (Å²) in [5, 5.41) is 11.1. The van der Waals surface area contributed by atoms with Crippen LogP contribution >= 0.6 is 0 Å². The lowest BCUT2D eigenvalue weighted by Gasteiger charge is -2.25. The maximum Gasteiger partial charge on any atom is 0.300 e. The normalized spacial score (nSPS) is 17.9. The smallest absolute Gasteiger partial charge is 0.300 e. The predicted octanol–water partition coefficient (Wildman–Crippen LogP) is 4.84. The molecule has 0 radical (unpaired) electrons. The number of carbonyl (C=O) groups is 2. The van der Waals surface area contributed by atoms with E-state index in [-0.39, 0.29) is 11.3 Å². The summed E-state index contributed by atoms with van der Waals surface area (Å²) in [5.74, 6) is -0.0479. The van der Waals surface area contributed by atoms with Gasteiger partial charge in [-0.05, 0) is 74.4 Å². The number of carbonyl (C=O) groups excluding carboxylic acids is 2. The summed E-state index contributed by atoms with van der Waals surface area (Å²) < 4.78 is 11.0. The summed E-state index contributed by atoms with van der Waals surface area (Å²) in [6, 6.07) is 15.0. The fraction of sp³-hybridized carbons (Fsp3) is 0.200. The zero-order valence-electron chi connectivity index (χ0n) is 17.8. The molecule has 1 atom stereocenters. The summed E-state index contributed by atoms with van der Waals surface area (Å²) in [7, 11) is 1.55. The molecular formula is C25H23NO5. The summed E-state index contributed by atoms with van der Waals surface area (Å²) in [5.41, 5.74) is 2.80. The molecule has 1 aromatic heterocycles. The van der Waals surface area contributed by atoms with Crippen LogP contribution in [0.1, 0.15) is 34.3 Å². The van der Waals surface area contributed by atoms with Crippen molar-refractivity contribution >= 4 is 23.1 Å². The molecule has 158 valence electrons. The van der Waals surface area contributed by atoms with E-state index in [0.717, 1.165) is 11.1 Å². The molecule has 0 aliphatic carbocycles. The second-order valence-corrected chi connectivity index (χ2v) is 7.64. The Balaban J connectivity index is 1.94. The minimum absolute atomic E-state index is 0.00887. The first-order chi connectivity index (χ1) is 14.8. The van der Waals surface area contributed by atoms with E-state index in [4.69, 9.17) is 9.15 Å². The van der Waals surface area contributed by atoms with E-state index in [1.807, 2.05) is 32.0 Å². The number of hydrogen-bond donors (Lipinski definition) is 1. The molecule has 0 spiro atoms. The van der Waals surface area contributed by atoms with Gasteiger partial charge in [0.1, 0.15) is 29.1 Å². The third kappa shape index (κ3) is 3.50. The van der Waals surface area contributed by atoms with Crippen molar-refractivity contribution in [3.05, 3.63) is 88.4 Å². The largest absolute Gasteiger partial charge is 0.507 e. The number of nitrogens with zero attached hydrogens (tertiary/aromatic N) is 1. The number of anilines is 1. The second-order valence-electron chi connectivity index (χ2n) is 7.64. The summed E-state index contributed by atoms with van der Waals surface area (Å²) in [6.45, 7) is 5.59. The van der Waals surface area contributed by atoms with Gasteiger partial charge in [0, 0.05) is 11.3 Å². The number of ketones is 1. The Morgan fingerprint density at radius 3 is 2.32 bits per heavy atom. The van der Waals surface area contributed by atoms with E-state index < -0.39 is 17.7 Å². The van der Waals surface area contributed by atoms with Crippen LogP contribution in [-0.4, -0.2) is 23.9 Å². The SMILES string of the molecule is COc1ccc(/C(O)=C2/C(=O)C(=O)N(c3cc(C)ccc3C)C2c2ccc(C)o2)cc1. The van der Waals surface area contributed by atoms with Gasteiger partial charge in [0.25, 0.3) is 11.7 Å². The molecule has 2 aromatic carbocycles. The van der Waals surface area contributed by atoms with E-state index in [1.165, 1.54) is 4.90 Å². The van der Waals surface area contributed by atoms with Gasteiger partial charge < -0.3 is 14.3 Å².